The summed E-state index contributed by atoms with van der Waals surface area (Å²) in [5.41, 5.74) is 5.40. The molecule has 4 nitrogen and oxygen atoms in total. The summed E-state index contributed by atoms with van der Waals surface area (Å²) in [5, 5.41) is 0. The van der Waals surface area contributed by atoms with E-state index in [1.54, 1.807) is 14.0 Å². The number of esters is 1. The highest BCUT2D eigenvalue weighted by atomic mass is 16.6. The fraction of sp³-hybridized carbons (Fsp3) is 0.889. The number of methoxy groups -OCH3 is 1. The molecule has 0 fully saturated rings. The third kappa shape index (κ3) is 4.85. The minimum absolute atomic E-state index is 0.181. The second-order valence-corrected chi connectivity index (χ2v) is 3.04. The second kappa shape index (κ2) is 6.86. The molecule has 0 saturated carbocycles. The Morgan fingerprint density at radius 3 is 2.54 bits per heavy atom. The van der Waals surface area contributed by atoms with Crippen LogP contribution in [0.3, 0.4) is 0 Å². The maximum Gasteiger partial charge on any atom is 0.310 e. The Morgan fingerprint density at radius 1 is 1.54 bits per heavy atom. The smallest absolute Gasteiger partial charge is 0.310 e. The molecule has 0 aromatic carbocycles. The summed E-state index contributed by atoms with van der Waals surface area (Å²) in [6.07, 6.45) is 0.521. The Balaban J connectivity index is 3.83. The summed E-state index contributed by atoms with van der Waals surface area (Å²) in [7, 11) is 1.57. The van der Waals surface area contributed by atoms with Crippen molar-refractivity contribution in [2.45, 2.75) is 26.4 Å². The van der Waals surface area contributed by atoms with Gasteiger partial charge in [-0.2, -0.15) is 0 Å². The van der Waals surface area contributed by atoms with Gasteiger partial charge < -0.3 is 15.2 Å². The number of carbonyl (C=O) groups excluding carboxylic acids is 1. The lowest BCUT2D eigenvalue weighted by molar-refractivity contribution is -0.155. The molecule has 0 aromatic heterocycles. The fourth-order valence-corrected chi connectivity index (χ4v) is 0.993. The minimum atomic E-state index is -0.227. The maximum absolute atomic E-state index is 11.3. The Kier molecular flexibility index (Phi) is 6.54. The van der Waals surface area contributed by atoms with Gasteiger partial charge in [-0.3, -0.25) is 4.79 Å². The number of rotatable bonds is 6. The van der Waals surface area contributed by atoms with E-state index in [-0.39, 0.29) is 18.0 Å². The van der Waals surface area contributed by atoms with E-state index in [0.29, 0.717) is 13.2 Å². The average molecular weight is 189 g/mol. The van der Waals surface area contributed by atoms with Crippen molar-refractivity contribution in [2.24, 2.45) is 11.7 Å². The zero-order valence-electron chi connectivity index (χ0n) is 8.58. The zero-order valence-corrected chi connectivity index (χ0v) is 8.58. The van der Waals surface area contributed by atoms with Crippen LogP contribution in [0.1, 0.15) is 20.3 Å². The molecule has 13 heavy (non-hydrogen) atoms. The molecule has 0 radical (unpaired) electrons. The van der Waals surface area contributed by atoms with Gasteiger partial charge in [-0.1, -0.05) is 6.92 Å². The molecule has 0 heterocycles. The molecule has 4 heteroatoms. The SMILES string of the molecule is CCC(CN)C(=O)OC(C)COC. The topological polar surface area (TPSA) is 61.6 Å². The summed E-state index contributed by atoms with van der Waals surface area (Å²) < 4.78 is 9.93. The number of hydrogen-bond acceptors (Lipinski definition) is 4. The van der Waals surface area contributed by atoms with E-state index in [1.807, 2.05) is 6.92 Å². The lowest BCUT2D eigenvalue weighted by Gasteiger charge is -2.16. The molecule has 0 bridgehead atoms. The van der Waals surface area contributed by atoms with Crippen molar-refractivity contribution in [3.63, 3.8) is 0 Å². The van der Waals surface area contributed by atoms with E-state index in [1.165, 1.54) is 0 Å². The van der Waals surface area contributed by atoms with E-state index < -0.39 is 0 Å². The lowest BCUT2D eigenvalue weighted by Crippen LogP contribution is -2.29. The van der Waals surface area contributed by atoms with Gasteiger partial charge in [-0.05, 0) is 13.3 Å². The van der Waals surface area contributed by atoms with Crippen LogP contribution in [0.2, 0.25) is 0 Å². The first kappa shape index (κ1) is 12.4. The van der Waals surface area contributed by atoms with Crippen LogP contribution in [-0.2, 0) is 14.3 Å². The molecule has 2 atom stereocenters. The van der Waals surface area contributed by atoms with Gasteiger partial charge in [-0.15, -0.1) is 0 Å². The van der Waals surface area contributed by atoms with Crippen molar-refractivity contribution in [1.82, 2.24) is 0 Å². The van der Waals surface area contributed by atoms with Gasteiger partial charge >= 0.3 is 5.97 Å². The quantitative estimate of drug-likeness (QED) is 0.620. The number of nitrogens with two attached hydrogens (primary N) is 1. The summed E-state index contributed by atoms with van der Waals surface area (Å²) in [4.78, 5) is 11.3. The van der Waals surface area contributed by atoms with Crippen molar-refractivity contribution in [3.8, 4) is 0 Å². The van der Waals surface area contributed by atoms with Gasteiger partial charge in [0.2, 0.25) is 0 Å². The van der Waals surface area contributed by atoms with Crippen LogP contribution in [0.25, 0.3) is 0 Å². The normalized spacial score (nSPS) is 15.1. The number of ether oxygens (including phenoxy) is 2. The van der Waals surface area contributed by atoms with Crippen LogP contribution >= 0.6 is 0 Å². The van der Waals surface area contributed by atoms with Crippen molar-refractivity contribution in [2.75, 3.05) is 20.3 Å². The van der Waals surface area contributed by atoms with Gasteiger partial charge in [-0.25, -0.2) is 0 Å². The highest BCUT2D eigenvalue weighted by Gasteiger charge is 2.18. The standard InChI is InChI=1S/C9H19NO3/c1-4-8(5-10)9(11)13-7(2)6-12-3/h7-8H,4-6,10H2,1-3H3. The molecule has 0 rings (SSSR count). The van der Waals surface area contributed by atoms with E-state index in [0.717, 1.165) is 6.42 Å². The van der Waals surface area contributed by atoms with Crippen LogP contribution in [0.4, 0.5) is 0 Å². The summed E-state index contributed by atoms with van der Waals surface area (Å²) in [6, 6.07) is 0. The predicted octanol–water partition coefficient (Wildman–Crippen LogP) is 0.549. The van der Waals surface area contributed by atoms with Gasteiger partial charge in [0.05, 0.1) is 12.5 Å². The van der Waals surface area contributed by atoms with Gasteiger partial charge in [0.25, 0.3) is 0 Å². The highest BCUT2D eigenvalue weighted by molar-refractivity contribution is 5.72. The Labute approximate surface area is 79.4 Å². The fourth-order valence-electron chi connectivity index (χ4n) is 0.993. The lowest BCUT2D eigenvalue weighted by atomic mass is 10.1. The Bertz CT molecular complexity index is 146. The maximum atomic E-state index is 11.3. The Hall–Kier alpha value is -0.610. The van der Waals surface area contributed by atoms with E-state index >= 15 is 0 Å². The van der Waals surface area contributed by atoms with Crippen molar-refractivity contribution in [3.05, 3.63) is 0 Å². The highest BCUT2D eigenvalue weighted by Crippen LogP contribution is 2.05. The summed E-state index contributed by atoms with van der Waals surface area (Å²) in [6.45, 7) is 4.48. The Morgan fingerprint density at radius 2 is 2.15 bits per heavy atom. The first-order valence-corrected chi connectivity index (χ1v) is 4.55. The van der Waals surface area contributed by atoms with E-state index in [4.69, 9.17) is 15.2 Å². The molecular weight excluding hydrogens is 170 g/mol. The molecule has 2 N–H and O–H groups in total. The van der Waals surface area contributed by atoms with Crippen molar-refractivity contribution in [1.29, 1.82) is 0 Å². The predicted molar refractivity (Wildman–Crippen MR) is 50.3 cm³/mol. The van der Waals surface area contributed by atoms with Crippen LogP contribution in [0, 0.1) is 5.92 Å². The molecule has 0 spiro atoms. The number of carbonyl (C=O) groups is 1. The van der Waals surface area contributed by atoms with Crippen LogP contribution < -0.4 is 5.73 Å². The van der Waals surface area contributed by atoms with Crippen LogP contribution in [-0.4, -0.2) is 32.3 Å². The molecule has 0 aromatic rings. The monoisotopic (exact) mass is 189 g/mol. The first-order valence-electron chi connectivity index (χ1n) is 4.55. The second-order valence-electron chi connectivity index (χ2n) is 3.04. The van der Waals surface area contributed by atoms with Gasteiger partial charge in [0.1, 0.15) is 6.10 Å². The molecule has 0 amide bonds. The molecule has 0 saturated heterocycles. The van der Waals surface area contributed by atoms with Gasteiger partial charge in [0.15, 0.2) is 0 Å². The van der Waals surface area contributed by atoms with Crippen molar-refractivity contribution < 1.29 is 14.3 Å². The largest absolute Gasteiger partial charge is 0.460 e. The molecule has 78 valence electrons. The molecule has 0 aliphatic carbocycles. The third-order valence-corrected chi connectivity index (χ3v) is 1.83. The van der Waals surface area contributed by atoms with Crippen LogP contribution in [0.5, 0.6) is 0 Å². The summed E-state index contributed by atoms with van der Waals surface area (Å²) in [5.74, 6) is -0.408. The zero-order chi connectivity index (χ0) is 10.3. The molecular formula is C9H19NO3. The van der Waals surface area contributed by atoms with E-state index in [9.17, 15) is 4.79 Å². The van der Waals surface area contributed by atoms with Crippen molar-refractivity contribution >= 4 is 5.97 Å². The number of hydrogen-bond donors (Lipinski definition) is 1. The van der Waals surface area contributed by atoms with E-state index in [2.05, 4.69) is 0 Å². The molecule has 0 aliphatic rings. The summed E-state index contributed by atoms with van der Waals surface area (Å²) >= 11 is 0. The van der Waals surface area contributed by atoms with Gasteiger partial charge in [0, 0.05) is 13.7 Å². The first-order chi connectivity index (χ1) is 6.15. The third-order valence-electron chi connectivity index (χ3n) is 1.83. The van der Waals surface area contributed by atoms with Crippen LogP contribution in [0.15, 0.2) is 0 Å². The molecule has 0 aliphatic heterocycles. The minimum Gasteiger partial charge on any atom is -0.460 e. The molecule has 2 unspecified atom stereocenters. The average Bonchev–Trinajstić information content (AvgIpc) is 2.06.